The van der Waals surface area contributed by atoms with Crippen molar-refractivity contribution in [3.8, 4) is 11.3 Å². The van der Waals surface area contributed by atoms with E-state index in [2.05, 4.69) is 10.4 Å². The van der Waals surface area contributed by atoms with Crippen molar-refractivity contribution in [2.75, 3.05) is 6.54 Å². The third-order valence-corrected chi connectivity index (χ3v) is 7.60. The maximum absolute atomic E-state index is 13.9. The summed E-state index contributed by atoms with van der Waals surface area (Å²) in [7, 11) is 1.78. The molecule has 0 aliphatic carbocycles. The van der Waals surface area contributed by atoms with Crippen LogP contribution >= 0.6 is 22.9 Å². The van der Waals surface area contributed by atoms with Crippen molar-refractivity contribution in [1.82, 2.24) is 20.0 Å². The molecule has 10 heteroatoms. The van der Waals surface area contributed by atoms with Crippen LogP contribution in [0.3, 0.4) is 0 Å². The maximum Gasteiger partial charge on any atom is 0.261 e. The van der Waals surface area contributed by atoms with E-state index in [1.165, 1.54) is 23.5 Å². The van der Waals surface area contributed by atoms with Crippen LogP contribution in [0.4, 0.5) is 4.39 Å². The summed E-state index contributed by atoms with van der Waals surface area (Å²) in [6.45, 7) is 1.81. The van der Waals surface area contributed by atoms with Crippen molar-refractivity contribution in [3.05, 3.63) is 98.1 Å². The standard InChI is InChI=1S/C27H22ClFN4O3S/c1-15-23(32(2)31-24(15)28)17-12-22(37-14-17)25(34)30-19(11-16-6-5-7-18(29)10-16)13-33-26(35)20-8-3-4-9-21(20)27(33)36/h3-10,12,14,19H,11,13H2,1-2H3,(H,30,34)/t19-/m0/s1. The lowest BCUT2D eigenvalue weighted by Gasteiger charge is -2.24. The molecule has 0 radical (unpaired) electrons. The number of fused-ring (bicyclic) bond motifs is 1. The smallest absolute Gasteiger partial charge is 0.261 e. The van der Waals surface area contributed by atoms with E-state index in [1.807, 2.05) is 12.3 Å². The predicted molar refractivity (Wildman–Crippen MR) is 139 cm³/mol. The summed E-state index contributed by atoms with van der Waals surface area (Å²) in [6.07, 6.45) is 0.228. The monoisotopic (exact) mass is 536 g/mol. The SMILES string of the molecule is Cc1c(Cl)nn(C)c1-c1csc(C(=O)N[C@@H](Cc2cccc(F)c2)CN2C(=O)c3ccccc3C2=O)c1. The fraction of sp³-hybridized carbons (Fsp3) is 0.185. The number of hydrogen-bond acceptors (Lipinski definition) is 5. The van der Waals surface area contributed by atoms with Crippen LogP contribution in [0.1, 0.15) is 41.5 Å². The summed E-state index contributed by atoms with van der Waals surface area (Å²) < 4.78 is 15.5. The van der Waals surface area contributed by atoms with E-state index in [4.69, 9.17) is 11.6 Å². The Morgan fingerprint density at radius 3 is 2.43 bits per heavy atom. The number of aryl methyl sites for hydroxylation is 1. The Bertz CT molecular complexity index is 1510. The van der Waals surface area contributed by atoms with Gasteiger partial charge in [0.25, 0.3) is 17.7 Å². The predicted octanol–water partition coefficient (Wildman–Crippen LogP) is 4.89. The number of hydrogen-bond donors (Lipinski definition) is 1. The fourth-order valence-electron chi connectivity index (χ4n) is 4.57. The first-order chi connectivity index (χ1) is 17.7. The van der Waals surface area contributed by atoms with Crippen LogP contribution in [0, 0.1) is 12.7 Å². The highest BCUT2D eigenvalue weighted by Crippen LogP contribution is 2.31. The molecular formula is C27H22ClFN4O3S. The number of imide groups is 1. The molecule has 0 saturated carbocycles. The van der Waals surface area contributed by atoms with Gasteiger partial charge in [-0.25, -0.2) is 4.39 Å². The number of rotatable bonds is 7. The largest absolute Gasteiger partial charge is 0.346 e. The number of carbonyl (C=O) groups excluding carboxylic acids is 3. The third-order valence-electron chi connectivity index (χ3n) is 6.31. The van der Waals surface area contributed by atoms with E-state index in [0.29, 0.717) is 26.7 Å². The molecule has 1 aliphatic heterocycles. The van der Waals surface area contributed by atoms with E-state index in [-0.39, 0.29) is 18.9 Å². The van der Waals surface area contributed by atoms with Crippen LogP contribution in [0.25, 0.3) is 11.3 Å². The molecule has 0 spiro atoms. The van der Waals surface area contributed by atoms with E-state index >= 15 is 0 Å². The van der Waals surface area contributed by atoms with Crippen LogP contribution in [0.15, 0.2) is 60.0 Å². The average Bonchev–Trinajstić information content (AvgIpc) is 3.51. The summed E-state index contributed by atoms with van der Waals surface area (Å²) in [5.74, 6) is -1.60. The quantitative estimate of drug-likeness (QED) is 0.341. The molecule has 1 N–H and O–H groups in total. The molecule has 2 aromatic heterocycles. The number of halogens is 2. The normalized spacial score (nSPS) is 13.7. The van der Waals surface area contributed by atoms with Crippen molar-refractivity contribution < 1.29 is 18.8 Å². The van der Waals surface area contributed by atoms with E-state index in [0.717, 1.165) is 21.7 Å². The Morgan fingerprint density at radius 2 is 1.81 bits per heavy atom. The number of benzene rings is 2. The highest BCUT2D eigenvalue weighted by Gasteiger charge is 2.36. The van der Waals surface area contributed by atoms with Crippen LogP contribution < -0.4 is 5.32 Å². The third kappa shape index (κ3) is 4.80. The zero-order valence-electron chi connectivity index (χ0n) is 20.0. The first kappa shape index (κ1) is 24.9. The molecule has 1 atom stereocenters. The molecule has 2 aromatic carbocycles. The minimum Gasteiger partial charge on any atom is -0.346 e. The van der Waals surface area contributed by atoms with Gasteiger partial charge < -0.3 is 5.32 Å². The highest BCUT2D eigenvalue weighted by molar-refractivity contribution is 7.12. The molecule has 188 valence electrons. The second-order valence-electron chi connectivity index (χ2n) is 8.86. The van der Waals surface area contributed by atoms with Crippen molar-refractivity contribution in [2.45, 2.75) is 19.4 Å². The van der Waals surface area contributed by atoms with Gasteiger partial charge in [-0.1, -0.05) is 35.9 Å². The van der Waals surface area contributed by atoms with Crippen LogP contribution in [-0.4, -0.2) is 45.0 Å². The topological polar surface area (TPSA) is 84.3 Å². The van der Waals surface area contributed by atoms with Gasteiger partial charge in [-0.2, -0.15) is 5.10 Å². The number of nitrogens with zero attached hydrogens (tertiary/aromatic N) is 3. The Hall–Kier alpha value is -3.82. The van der Waals surface area contributed by atoms with Gasteiger partial charge in [0.1, 0.15) is 5.82 Å². The molecule has 5 rings (SSSR count). The first-order valence-corrected chi connectivity index (χ1v) is 12.8. The summed E-state index contributed by atoms with van der Waals surface area (Å²) in [6, 6.07) is 13.8. The second kappa shape index (κ2) is 9.91. The van der Waals surface area contributed by atoms with Gasteiger partial charge in [0.2, 0.25) is 0 Å². The van der Waals surface area contributed by atoms with Crippen molar-refractivity contribution in [3.63, 3.8) is 0 Å². The molecule has 0 saturated heterocycles. The Kier molecular flexibility index (Phi) is 6.66. The molecule has 0 fully saturated rings. The molecule has 4 aromatic rings. The van der Waals surface area contributed by atoms with Gasteiger partial charge in [0, 0.05) is 30.1 Å². The molecule has 0 unspecified atom stereocenters. The van der Waals surface area contributed by atoms with Gasteiger partial charge in [0.15, 0.2) is 5.15 Å². The Balaban J connectivity index is 1.39. The highest BCUT2D eigenvalue weighted by atomic mass is 35.5. The first-order valence-electron chi connectivity index (χ1n) is 11.5. The Labute approximate surface area is 221 Å². The Morgan fingerprint density at radius 1 is 1.11 bits per heavy atom. The van der Waals surface area contributed by atoms with Crippen molar-refractivity contribution in [1.29, 1.82) is 0 Å². The summed E-state index contributed by atoms with van der Waals surface area (Å²) in [4.78, 5) is 40.7. The van der Waals surface area contributed by atoms with Gasteiger partial charge in [-0.3, -0.25) is 24.0 Å². The molecule has 1 aliphatic rings. The van der Waals surface area contributed by atoms with Crippen LogP contribution in [-0.2, 0) is 13.5 Å². The molecule has 0 bridgehead atoms. The minimum absolute atomic E-state index is 0.0523. The fourth-order valence-corrected chi connectivity index (χ4v) is 5.57. The van der Waals surface area contributed by atoms with Gasteiger partial charge in [-0.15, -0.1) is 11.3 Å². The van der Waals surface area contributed by atoms with Gasteiger partial charge in [0.05, 0.1) is 27.7 Å². The number of aromatic nitrogens is 2. The van der Waals surface area contributed by atoms with Gasteiger partial charge in [-0.05, 0) is 49.2 Å². The lowest BCUT2D eigenvalue weighted by Crippen LogP contribution is -2.46. The minimum atomic E-state index is -0.644. The summed E-state index contributed by atoms with van der Waals surface area (Å²) in [5, 5.41) is 9.41. The number of carbonyl (C=O) groups is 3. The molecular weight excluding hydrogens is 515 g/mol. The summed E-state index contributed by atoms with van der Waals surface area (Å²) in [5.41, 5.74) is 3.71. The van der Waals surface area contributed by atoms with Crippen molar-refractivity contribution in [2.24, 2.45) is 7.05 Å². The molecule has 3 amide bonds. The van der Waals surface area contributed by atoms with E-state index in [9.17, 15) is 18.8 Å². The number of amides is 3. The number of nitrogens with one attached hydrogen (secondary N) is 1. The average molecular weight is 537 g/mol. The summed E-state index contributed by atoms with van der Waals surface area (Å²) >= 11 is 7.41. The lowest BCUT2D eigenvalue weighted by molar-refractivity contribution is 0.0629. The molecule has 7 nitrogen and oxygen atoms in total. The van der Waals surface area contributed by atoms with Crippen LogP contribution in [0.2, 0.25) is 5.15 Å². The lowest BCUT2D eigenvalue weighted by atomic mass is 10.0. The van der Waals surface area contributed by atoms with E-state index < -0.39 is 23.7 Å². The van der Waals surface area contributed by atoms with E-state index in [1.54, 1.807) is 54.2 Å². The molecule has 3 heterocycles. The van der Waals surface area contributed by atoms with Crippen LogP contribution in [0.5, 0.6) is 0 Å². The zero-order valence-corrected chi connectivity index (χ0v) is 21.6. The molecule has 37 heavy (non-hydrogen) atoms. The zero-order chi connectivity index (χ0) is 26.3. The van der Waals surface area contributed by atoms with Gasteiger partial charge >= 0.3 is 0 Å². The maximum atomic E-state index is 13.9. The second-order valence-corrected chi connectivity index (χ2v) is 10.1. The van der Waals surface area contributed by atoms with Crippen molar-refractivity contribution >= 4 is 40.7 Å². The number of thiophene rings is 1.